The van der Waals surface area contributed by atoms with E-state index in [2.05, 4.69) is 47.8 Å². The molecule has 3 nitrogen and oxygen atoms in total. The van der Waals surface area contributed by atoms with Gasteiger partial charge < -0.3 is 0 Å². The molecule has 1 aromatic rings. The lowest BCUT2D eigenvalue weighted by Crippen LogP contribution is -2.37. The number of amides is 2. The van der Waals surface area contributed by atoms with Crippen LogP contribution in [-0.4, -0.2) is 21.5 Å². The molecule has 6 unspecified atom stereocenters. The minimum absolute atomic E-state index is 0.0789. The Morgan fingerprint density at radius 2 is 1.59 bits per heavy atom. The summed E-state index contributed by atoms with van der Waals surface area (Å²) < 4.78 is 0.748. The summed E-state index contributed by atoms with van der Waals surface area (Å²) in [7, 11) is 0. The number of hydrogen-bond acceptors (Lipinski definition) is 2. The van der Waals surface area contributed by atoms with Crippen molar-refractivity contribution in [3.8, 4) is 0 Å². The summed E-state index contributed by atoms with van der Waals surface area (Å²) in [5.41, 5.74) is 0.564. The number of imide groups is 1. The normalized spacial score (nSPS) is 39.7. The fourth-order valence-electron chi connectivity index (χ4n) is 4.23. The molecule has 1 aliphatic heterocycles. The summed E-state index contributed by atoms with van der Waals surface area (Å²) in [4.78, 5) is 27.5. The van der Waals surface area contributed by atoms with Crippen molar-refractivity contribution in [2.45, 2.75) is 16.1 Å². The van der Waals surface area contributed by atoms with Crippen molar-refractivity contribution in [2.75, 3.05) is 4.90 Å². The molecule has 3 aliphatic rings. The summed E-state index contributed by atoms with van der Waals surface area (Å²) in [5, 5.41) is 0.495. The van der Waals surface area contributed by atoms with E-state index in [0.29, 0.717) is 10.7 Å². The van der Waals surface area contributed by atoms with E-state index in [1.807, 2.05) is 0 Å². The number of carbonyl (C=O) groups excluding carboxylic acids is 2. The van der Waals surface area contributed by atoms with Crippen LogP contribution < -0.4 is 4.90 Å². The maximum Gasteiger partial charge on any atom is 0.238 e. The Hall–Kier alpha value is 0.0900. The molecular weight excluding hydrogens is 501 g/mol. The second-order valence-electron chi connectivity index (χ2n) is 6.11. The molecule has 2 saturated carbocycles. The van der Waals surface area contributed by atoms with Gasteiger partial charge in [-0.15, -0.1) is 0 Å². The zero-order valence-electron chi connectivity index (χ0n) is 11.2. The van der Waals surface area contributed by atoms with Gasteiger partial charge in [-0.3, -0.25) is 9.59 Å². The second-order valence-corrected chi connectivity index (χ2v) is 9.49. The van der Waals surface area contributed by atoms with E-state index < -0.39 is 0 Å². The molecule has 6 atom stereocenters. The molecule has 0 radical (unpaired) electrons. The van der Waals surface area contributed by atoms with Crippen LogP contribution in [0, 0.1) is 23.7 Å². The number of hydrogen-bond donors (Lipinski definition) is 0. The van der Waals surface area contributed by atoms with Crippen LogP contribution in [-0.2, 0) is 9.59 Å². The van der Waals surface area contributed by atoms with Crippen molar-refractivity contribution in [3.63, 3.8) is 0 Å². The first-order chi connectivity index (χ1) is 10.4. The maximum atomic E-state index is 12.9. The van der Waals surface area contributed by atoms with Crippen molar-refractivity contribution < 1.29 is 9.59 Å². The molecule has 4 rings (SSSR count). The highest BCUT2D eigenvalue weighted by Crippen LogP contribution is 2.60. The van der Waals surface area contributed by atoms with Gasteiger partial charge in [0.2, 0.25) is 11.8 Å². The van der Waals surface area contributed by atoms with Crippen LogP contribution in [0.25, 0.3) is 0 Å². The Balaban J connectivity index is 1.74. The van der Waals surface area contributed by atoms with Crippen LogP contribution in [0.4, 0.5) is 5.69 Å². The molecule has 22 heavy (non-hydrogen) atoms. The molecular formula is C15H11Br3ClNO2. The first-order valence-corrected chi connectivity index (χ1v) is 10.0. The molecule has 7 heteroatoms. The van der Waals surface area contributed by atoms with Crippen molar-refractivity contribution >= 4 is 76.9 Å². The molecule has 3 fully saturated rings. The van der Waals surface area contributed by atoms with Gasteiger partial charge in [-0.1, -0.05) is 43.5 Å². The monoisotopic (exact) mass is 509 g/mol. The molecule has 0 aromatic heterocycles. The van der Waals surface area contributed by atoms with Gasteiger partial charge in [0.25, 0.3) is 0 Å². The van der Waals surface area contributed by atoms with Gasteiger partial charge >= 0.3 is 0 Å². The highest BCUT2D eigenvalue weighted by molar-refractivity contribution is 9.12. The van der Waals surface area contributed by atoms with Crippen molar-refractivity contribution in [1.29, 1.82) is 0 Å². The standard InChI is InChI=1S/C15H11Br3ClNO2/c16-8-2-1-5(3-9(8)19)20-14(21)10-6-4-7(11(10)15(20)22)13(18)12(6)17/h1-3,6-7,10-13H,4H2. The van der Waals surface area contributed by atoms with E-state index in [1.165, 1.54) is 4.90 Å². The molecule has 2 aliphatic carbocycles. The van der Waals surface area contributed by atoms with Gasteiger partial charge in [0.15, 0.2) is 0 Å². The number of nitrogens with zero attached hydrogens (tertiary/aromatic N) is 1. The van der Waals surface area contributed by atoms with E-state index in [1.54, 1.807) is 18.2 Å². The third-order valence-corrected chi connectivity index (χ3v) is 9.59. The molecule has 116 valence electrons. The smallest absolute Gasteiger partial charge is 0.238 e. The maximum absolute atomic E-state index is 12.9. The predicted octanol–water partition coefficient (Wildman–Crippen LogP) is 4.38. The SMILES string of the molecule is O=C1C2C3CC(C(Br)C3Br)C2C(=O)N1c1ccc(Br)c(Cl)c1. The van der Waals surface area contributed by atoms with E-state index >= 15 is 0 Å². The van der Waals surface area contributed by atoms with Crippen molar-refractivity contribution in [2.24, 2.45) is 23.7 Å². The van der Waals surface area contributed by atoms with E-state index in [4.69, 9.17) is 11.6 Å². The minimum atomic E-state index is -0.196. The zero-order chi connectivity index (χ0) is 15.8. The summed E-state index contributed by atoms with van der Waals surface area (Å²) in [6, 6.07) is 5.19. The van der Waals surface area contributed by atoms with Gasteiger partial charge in [0, 0.05) is 14.1 Å². The van der Waals surface area contributed by atoms with Gasteiger partial charge in [0.1, 0.15) is 0 Å². The van der Waals surface area contributed by atoms with Crippen LogP contribution in [0.5, 0.6) is 0 Å². The molecule has 1 saturated heterocycles. The lowest BCUT2D eigenvalue weighted by molar-refractivity contribution is -0.123. The van der Waals surface area contributed by atoms with Crippen LogP contribution in [0.3, 0.4) is 0 Å². The molecule has 0 N–H and O–H groups in total. The number of fused-ring (bicyclic) bond motifs is 5. The zero-order valence-corrected chi connectivity index (χ0v) is 16.7. The predicted molar refractivity (Wildman–Crippen MR) is 95.7 cm³/mol. The number of carbonyl (C=O) groups is 2. The van der Waals surface area contributed by atoms with Crippen LogP contribution in [0.1, 0.15) is 6.42 Å². The fourth-order valence-corrected chi connectivity index (χ4v) is 6.52. The number of alkyl halides is 2. The number of benzene rings is 1. The van der Waals surface area contributed by atoms with Crippen molar-refractivity contribution in [3.05, 3.63) is 27.7 Å². The van der Waals surface area contributed by atoms with Crippen LogP contribution in [0.2, 0.25) is 5.02 Å². The average Bonchev–Trinajstić information content (AvgIpc) is 3.08. The third kappa shape index (κ3) is 1.96. The lowest BCUT2D eigenvalue weighted by Gasteiger charge is -2.28. The number of anilines is 1. The summed E-state index contributed by atoms with van der Waals surface area (Å²) >= 11 is 16.8. The highest BCUT2D eigenvalue weighted by Gasteiger charge is 2.66. The van der Waals surface area contributed by atoms with E-state index in [9.17, 15) is 9.59 Å². The largest absolute Gasteiger partial charge is 0.274 e. The quantitative estimate of drug-likeness (QED) is 0.414. The lowest BCUT2D eigenvalue weighted by atomic mass is 9.81. The van der Waals surface area contributed by atoms with Gasteiger partial charge in [-0.05, 0) is 52.4 Å². The average molecular weight is 512 g/mol. The van der Waals surface area contributed by atoms with Crippen molar-refractivity contribution in [1.82, 2.24) is 0 Å². The molecule has 2 bridgehead atoms. The Morgan fingerprint density at radius 1 is 1.05 bits per heavy atom. The van der Waals surface area contributed by atoms with Gasteiger partial charge in [-0.2, -0.15) is 0 Å². The summed E-state index contributed by atoms with van der Waals surface area (Å²) in [6.07, 6.45) is 0.938. The number of rotatable bonds is 1. The molecule has 1 aromatic carbocycles. The Bertz CT molecular complexity index is 665. The van der Waals surface area contributed by atoms with Crippen LogP contribution >= 0.6 is 59.4 Å². The van der Waals surface area contributed by atoms with E-state index in [0.717, 1.165) is 10.9 Å². The molecule has 0 spiro atoms. The highest BCUT2D eigenvalue weighted by atomic mass is 79.9. The topological polar surface area (TPSA) is 37.4 Å². The fraction of sp³-hybridized carbons (Fsp3) is 0.467. The summed E-state index contributed by atoms with van der Waals surface area (Å²) in [6.45, 7) is 0. The Labute approximate surface area is 158 Å². The summed E-state index contributed by atoms with van der Waals surface area (Å²) in [5.74, 6) is -0.0934. The van der Waals surface area contributed by atoms with Gasteiger partial charge in [0.05, 0.1) is 22.5 Å². The first kappa shape index (κ1) is 15.6. The van der Waals surface area contributed by atoms with Crippen LogP contribution in [0.15, 0.2) is 22.7 Å². The molecule has 1 heterocycles. The number of halogens is 4. The van der Waals surface area contributed by atoms with Gasteiger partial charge in [-0.25, -0.2) is 4.90 Å². The third-order valence-electron chi connectivity index (χ3n) is 5.15. The Kier molecular flexibility index (Phi) is 3.76. The molecule has 2 amide bonds. The minimum Gasteiger partial charge on any atom is -0.274 e. The second kappa shape index (κ2) is 5.30. The van der Waals surface area contributed by atoms with E-state index in [-0.39, 0.29) is 45.1 Å². The first-order valence-electron chi connectivity index (χ1n) is 7.03. The Morgan fingerprint density at radius 3 is 2.09 bits per heavy atom.